The Morgan fingerprint density at radius 1 is 1.54 bits per heavy atom. The number of fused-ring (bicyclic) bond motifs is 1. The van der Waals surface area contributed by atoms with Crippen LogP contribution in [0, 0.1) is 0 Å². The SMILES string of the molecule is CC1=Nc2cc(Cl)ccc2S1=S=O. The van der Waals surface area contributed by atoms with E-state index in [1.165, 1.54) is 0 Å². The van der Waals surface area contributed by atoms with Crippen molar-refractivity contribution in [3.8, 4) is 0 Å². The zero-order valence-corrected chi connectivity index (χ0v) is 9.17. The lowest BCUT2D eigenvalue weighted by molar-refractivity contribution is 0.701. The summed E-state index contributed by atoms with van der Waals surface area (Å²) in [6.07, 6.45) is 0. The van der Waals surface area contributed by atoms with E-state index < -0.39 is 9.45 Å². The van der Waals surface area contributed by atoms with E-state index in [2.05, 4.69) is 4.99 Å². The maximum atomic E-state index is 10.8. The Morgan fingerprint density at radius 3 is 3.00 bits per heavy atom. The van der Waals surface area contributed by atoms with Crippen LogP contribution in [0.1, 0.15) is 6.92 Å². The molecule has 0 saturated carbocycles. The third-order valence-electron chi connectivity index (χ3n) is 1.73. The fourth-order valence-corrected chi connectivity index (χ4v) is 3.56. The lowest BCUT2D eigenvalue weighted by Gasteiger charge is -1.96. The predicted molar refractivity (Wildman–Crippen MR) is 58.0 cm³/mol. The van der Waals surface area contributed by atoms with Crippen LogP contribution < -0.4 is 0 Å². The van der Waals surface area contributed by atoms with Crippen LogP contribution in [-0.2, 0) is 19.7 Å². The third kappa shape index (κ3) is 1.49. The third-order valence-corrected chi connectivity index (χ3v) is 5.15. The lowest BCUT2D eigenvalue weighted by atomic mass is 10.3. The molecule has 0 fully saturated rings. The van der Waals surface area contributed by atoms with Crippen molar-refractivity contribution in [2.45, 2.75) is 11.8 Å². The smallest absolute Gasteiger partial charge is 0.131 e. The molecule has 0 spiro atoms. The van der Waals surface area contributed by atoms with Crippen molar-refractivity contribution in [3.05, 3.63) is 23.2 Å². The van der Waals surface area contributed by atoms with E-state index in [4.69, 9.17) is 11.6 Å². The Morgan fingerprint density at radius 2 is 2.31 bits per heavy atom. The van der Waals surface area contributed by atoms with E-state index in [1.54, 1.807) is 12.1 Å². The molecule has 5 heteroatoms. The van der Waals surface area contributed by atoms with Gasteiger partial charge in [-0.2, -0.15) is 0 Å². The van der Waals surface area contributed by atoms with Gasteiger partial charge in [0.25, 0.3) is 0 Å². The van der Waals surface area contributed by atoms with Crippen molar-refractivity contribution in [1.29, 1.82) is 0 Å². The van der Waals surface area contributed by atoms with Crippen LogP contribution in [0.15, 0.2) is 28.1 Å². The Balaban J connectivity index is 2.71. The molecule has 1 aromatic rings. The summed E-state index contributed by atoms with van der Waals surface area (Å²) in [7, 11) is 0.183. The van der Waals surface area contributed by atoms with Crippen LogP contribution in [0.2, 0.25) is 5.02 Å². The summed E-state index contributed by atoms with van der Waals surface area (Å²) in [6.45, 7) is 1.88. The second-order valence-corrected chi connectivity index (χ2v) is 6.13. The van der Waals surface area contributed by atoms with E-state index in [9.17, 15) is 4.21 Å². The van der Waals surface area contributed by atoms with Gasteiger partial charge in [-0.1, -0.05) is 11.6 Å². The number of halogens is 1. The van der Waals surface area contributed by atoms with Gasteiger partial charge in [0.2, 0.25) is 0 Å². The van der Waals surface area contributed by atoms with E-state index in [1.807, 2.05) is 13.0 Å². The Hall–Kier alpha value is -0.450. The van der Waals surface area contributed by atoms with Gasteiger partial charge in [0.1, 0.15) is 10.2 Å². The largest absolute Gasteiger partial charge is 0.245 e. The molecule has 1 aliphatic heterocycles. The topological polar surface area (TPSA) is 29.4 Å². The maximum Gasteiger partial charge on any atom is 0.131 e. The summed E-state index contributed by atoms with van der Waals surface area (Å²) in [6, 6.07) is 5.47. The van der Waals surface area contributed by atoms with Crippen molar-refractivity contribution in [2.24, 2.45) is 4.99 Å². The quantitative estimate of drug-likeness (QED) is 0.675. The van der Waals surface area contributed by atoms with Crippen LogP contribution in [0.3, 0.4) is 0 Å². The Bertz CT molecular complexity index is 463. The molecule has 13 heavy (non-hydrogen) atoms. The van der Waals surface area contributed by atoms with Crippen LogP contribution >= 0.6 is 11.6 Å². The molecule has 0 N–H and O–H groups in total. The second-order valence-electron chi connectivity index (χ2n) is 2.58. The molecule has 1 unspecified atom stereocenters. The average molecular weight is 232 g/mol. The molecule has 1 heterocycles. The highest BCUT2D eigenvalue weighted by molar-refractivity contribution is 8.39. The normalized spacial score (nSPS) is 19.5. The molecule has 1 aliphatic rings. The fraction of sp³-hybridized carbons (Fsp3) is 0.125. The molecule has 0 bridgehead atoms. The van der Waals surface area contributed by atoms with Gasteiger partial charge < -0.3 is 0 Å². The summed E-state index contributed by atoms with van der Waals surface area (Å²) >= 11 is 5.81. The predicted octanol–water partition coefficient (Wildman–Crippen LogP) is 2.51. The van der Waals surface area contributed by atoms with Gasteiger partial charge >= 0.3 is 0 Å². The van der Waals surface area contributed by atoms with Crippen molar-refractivity contribution in [2.75, 3.05) is 0 Å². The molecule has 2 nitrogen and oxygen atoms in total. The molecule has 68 valence electrons. The first-order chi connectivity index (χ1) is 6.22. The molecular formula is C8H6ClNOS2. The zero-order chi connectivity index (χ0) is 9.42. The second kappa shape index (κ2) is 3.36. The van der Waals surface area contributed by atoms with Gasteiger partial charge in [-0.05, 0) is 34.6 Å². The Kier molecular flexibility index (Phi) is 2.36. The van der Waals surface area contributed by atoms with Crippen LogP contribution in [0.5, 0.6) is 0 Å². The highest BCUT2D eigenvalue weighted by Crippen LogP contribution is 2.32. The summed E-state index contributed by atoms with van der Waals surface area (Å²) < 4.78 is 10.8. The molecular weight excluding hydrogens is 226 g/mol. The van der Waals surface area contributed by atoms with Gasteiger partial charge in [-0.3, -0.25) is 0 Å². The van der Waals surface area contributed by atoms with Crippen molar-refractivity contribution < 1.29 is 4.21 Å². The number of benzene rings is 1. The number of aliphatic imine (C=N–C) groups is 1. The van der Waals surface area contributed by atoms with Gasteiger partial charge in [0.15, 0.2) is 0 Å². The Labute approximate surface area is 86.3 Å². The zero-order valence-electron chi connectivity index (χ0n) is 6.78. The van der Waals surface area contributed by atoms with Crippen molar-refractivity contribution in [1.82, 2.24) is 0 Å². The number of hydrogen-bond acceptors (Lipinski definition) is 2. The molecule has 0 aromatic heterocycles. The van der Waals surface area contributed by atoms with Crippen molar-refractivity contribution >= 4 is 42.0 Å². The summed E-state index contributed by atoms with van der Waals surface area (Å²) in [5.41, 5.74) is 0.844. The van der Waals surface area contributed by atoms with E-state index in [0.717, 1.165) is 15.6 Å². The molecule has 2 rings (SSSR count). The molecule has 0 amide bonds. The highest BCUT2D eigenvalue weighted by Gasteiger charge is 2.17. The van der Waals surface area contributed by atoms with Gasteiger partial charge in [0, 0.05) is 9.92 Å². The minimum atomic E-state index is -0.410. The molecule has 0 radical (unpaired) electrons. The highest BCUT2D eigenvalue weighted by atomic mass is 35.5. The van der Waals surface area contributed by atoms with E-state index >= 15 is 0 Å². The maximum absolute atomic E-state index is 10.8. The average Bonchev–Trinajstić information content (AvgIpc) is 2.39. The van der Waals surface area contributed by atoms with Crippen LogP contribution in [0.4, 0.5) is 5.69 Å². The summed E-state index contributed by atoms with van der Waals surface area (Å²) in [5.74, 6) is 0. The van der Waals surface area contributed by atoms with Gasteiger partial charge in [0.05, 0.1) is 10.7 Å². The monoisotopic (exact) mass is 231 g/mol. The number of nitrogens with zero attached hydrogens (tertiary/aromatic N) is 1. The van der Waals surface area contributed by atoms with Crippen LogP contribution in [-0.4, -0.2) is 9.25 Å². The molecule has 0 saturated heterocycles. The van der Waals surface area contributed by atoms with E-state index in [-0.39, 0.29) is 0 Å². The minimum absolute atomic E-state index is 0.410. The fourth-order valence-electron chi connectivity index (χ4n) is 1.19. The molecule has 1 aromatic carbocycles. The lowest BCUT2D eigenvalue weighted by Crippen LogP contribution is -1.95. The summed E-state index contributed by atoms with van der Waals surface area (Å²) in [5, 5.41) is 1.55. The first-order valence-corrected chi connectivity index (χ1v) is 6.48. The molecule has 0 aliphatic carbocycles. The minimum Gasteiger partial charge on any atom is -0.245 e. The number of rotatable bonds is 0. The van der Waals surface area contributed by atoms with Gasteiger partial charge in [-0.25, -0.2) is 9.20 Å². The standard InChI is InChI=1S/C8H6ClNOS2/c1-5-10-7-4-6(9)2-3-8(7)13(5)12-11/h2-4H,1H3. The number of hydrogen-bond donors (Lipinski definition) is 0. The first kappa shape index (κ1) is 9.12. The molecule has 1 atom stereocenters. The summed E-state index contributed by atoms with van der Waals surface area (Å²) in [4.78, 5) is 5.29. The van der Waals surface area contributed by atoms with Gasteiger partial charge in [-0.15, -0.1) is 0 Å². The van der Waals surface area contributed by atoms with Crippen molar-refractivity contribution in [3.63, 3.8) is 0 Å². The van der Waals surface area contributed by atoms with Crippen LogP contribution in [0.25, 0.3) is 0 Å². The first-order valence-electron chi connectivity index (χ1n) is 3.62. The van der Waals surface area contributed by atoms with E-state index in [0.29, 0.717) is 15.2 Å².